The van der Waals surface area contributed by atoms with E-state index in [4.69, 9.17) is 4.74 Å². The Kier molecular flexibility index (Phi) is 9.29. The average molecular weight is 532 g/mol. The minimum absolute atomic E-state index is 0.0422. The van der Waals surface area contributed by atoms with Crippen molar-refractivity contribution in [2.75, 3.05) is 46.4 Å². The van der Waals surface area contributed by atoms with Crippen LogP contribution in [0.5, 0.6) is 5.75 Å². The fraction of sp³-hybridized carbons (Fsp3) is 0.618. The van der Waals surface area contributed by atoms with Crippen LogP contribution in [0.2, 0.25) is 0 Å². The van der Waals surface area contributed by atoms with Gasteiger partial charge in [-0.05, 0) is 106 Å². The lowest BCUT2D eigenvalue weighted by atomic mass is 9.50. The molecule has 1 N–H and O–H groups in total. The highest BCUT2D eigenvalue weighted by Gasteiger charge is 2.55. The summed E-state index contributed by atoms with van der Waals surface area (Å²) in [7, 11) is 1.76. The first-order valence-electron chi connectivity index (χ1n) is 15.4. The van der Waals surface area contributed by atoms with Gasteiger partial charge in [-0.25, -0.2) is 0 Å². The van der Waals surface area contributed by atoms with Gasteiger partial charge in [-0.1, -0.05) is 55.8 Å². The number of hydrogen-bond donors (Lipinski definition) is 1. The zero-order valence-corrected chi connectivity index (χ0v) is 24.3. The molecule has 0 spiro atoms. The Morgan fingerprint density at radius 1 is 0.974 bits per heavy atom. The molecular formula is C34H49N3O2. The quantitative estimate of drug-likeness (QED) is 0.420. The van der Waals surface area contributed by atoms with Crippen LogP contribution in [0, 0.1) is 5.41 Å². The Morgan fingerprint density at radius 3 is 2.59 bits per heavy atom. The molecule has 2 saturated heterocycles. The van der Waals surface area contributed by atoms with Crippen LogP contribution in [0.25, 0.3) is 0 Å². The molecule has 3 unspecified atom stereocenters. The predicted molar refractivity (Wildman–Crippen MR) is 159 cm³/mol. The van der Waals surface area contributed by atoms with Crippen molar-refractivity contribution in [3.05, 3.63) is 65.7 Å². The Bertz CT molecular complexity index is 1070. The summed E-state index contributed by atoms with van der Waals surface area (Å²) in [5, 5.41) is 3.49. The highest BCUT2D eigenvalue weighted by molar-refractivity contribution is 5.76. The van der Waals surface area contributed by atoms with Crippen LogP contribution < -0.4 is 10.1 Å². The number of aryl methyl sites for hydroxylation is 1. The Balaban J connectivity index is 1.26. The first-order chi connectivity index (χ1) is 19.0. The zero-order chi connectivity index (χ0) is 27.1. The van der Waals surface area contributed by atoms with Gasteiger partial charge in [0.25, 0.3) is 0 Å². The zero-order valence-electron chi connectivity index (χ0n) is 24.3. The number of hydrogen-bond acceptors (Lipinski definition) is 4. The van der Waals surface area contributed by atoms with Crippen LogP contribution in [0.4, 0.5) is 0 Å². The topological polar surface area (TPSA) is 44.8 Å². The minimum Gasteiger partial charge on any atom is -0.497 e. The number of rotatable bonds is 10. The maximum Gasteiger partial charge on any atom is 0.221 e. The first kappa shape index (κ1) is 28.2. The van der Waals surface area contributed by atoms with Gasteiger partial charge in [0.1, 0.15) is 5.75 Å². The highest BCUT2D eigenvalue weighted by Crippen LogP contribution is 2.57. The largest absolute Gasteiger partial charge is 0.497 e. The van der Waals surface area contributed by atoms with Gasteiger partial charge in [-0.3, -0.25) is 4.79 Å². The van der Waals surface area contributed by atoms with E-state index in [1.165, 1.54) is 36.8 Å². The lowest BCUT2D eigenvalue weighted by Gasteiger charge is -2.60. The number of nitrogens with zero attached hydrogens (tertiary/aromatic N) is 2. The fourth-order valence-corrected chi connectivity index (χ4v) is 7.80. The second-order valence-corrected chi connectivity index (χ2v) is 12.6. The Labute approximate surface area is 236 Å². The molecule has 0 bridgehead atoms. The molecule has 39 heavy (non-hydrogen) atoms. The molecule has 0 aromatic heterocycles. The summed E-state index contributed by atoms with van der Waals surface area (Å²) in [6.45, 7) is 9.09. The van der Waals surface area contributed by atoms with Gasteiger partial charge in [0.2, 0.25) is 5.91 Å². The van der Waals surface area contributed by atoms with E-state index in [0.29, 0.717) is 6.42 Å². The maximum absolute atomic E-state index is 13.1. The molecular weight excluding hydrogens is 482 g/mol. The van der Waals surface area contributed by atoms with Crippen molar-refractivity contribution < 1.29 is 9.53 Å². The summed E-state index contributed by atoms with van der Waals surface area (Å²) in [6.07, 6.45) is 11.2. The number of methoxy groups -OCH3 is 1. The molecule has 3 fully saturated rings. The molecule has 2 heterocycles. The summed E-state index contributed by atoms with van der Waals surface area (Å²) < 4.78 is 5.67. The van der Waals surface area contributed by atoms with Crippen molar-refractivity contribution in [2.45, 2.75) is 82.6 Å². The molecule has 0 radical (unpaired) electrons. The number of carbonyl (C=O) groups is 1. The standard InChI is InChI=1S/C34H49N3O2/c1-33-18-16-30(35-32(38)17-23-36-20-7-4-8-21-36)26-34(33,29-14-9-15-31(25-29)39-2)19-24-37(27-33)22-10-13-28-11-5-3-6-12-28/h3,5-6,9,11-12,14-15,25,30H,4,7-8,10,13,16-24,26-27H2,1-2H3,(H,35,38). The van der Waals surface area contributed by atoms with Gasteiger partial charge in [-0.2, -0.15) is 0 Å². The SMILES string of the molecule is COc1cccc(C23CCN(CCCc4ccccc4)CC2(C)CCC(NC(=O)CCN2CCCCC2)C3)c1. The Morgan fingerprint density at radius 2 is 1.79 bits per heavy atom. The highest BCUT2D eigenvalue weighted by atomic mass is 16.5. The monoisotopic (exact) mass is 531 g/mol. The van der Waals surface area contributed by atoms with E-state index < -0.39 is 0 Å². The number of carbonyl (C=O) groups excluding carboxylic acids is 1. The number of likely N-dealkylation sites (tertiary alicyclic amines) is 2. The second-order valence-electron chi connectivity index (χ2n) is 12.6. The molecule has 1 amide bonds. The van der Waals surface area contributed by atoms with E-state index in [1.807, 2.05) is 0 Å². The molecule has 2 aromatic carbocycles. The van der Waals surface area contributed by atoms with Crippen LogP contribution in [0.1, 0.15) is 75.8 Å². The first-order valence-corrected chi connectivity index (χ1v) is 15.4. The van der Waals surface area contributed by atoms with Crippen LogP contribution in [0.3, 0.4) is 0 Å². The van der Waals surface area contributed by atoms with E-state index >= 15 is 0 Å². The predicted octanol–water partition coefficient (Wildman–Crippen LogP) is 5.82. The molecule has 3 atom stereocenters. The van der Waals surface area contributed by atoms with Crippen LogP contribution >= 0.6 is 0 Å². The Hall–Kier alpha value is -2.37. The van der Waals surface area contributed by atoms with Gasteiger partial charge in [0.15, 0.2) is 0 Å². The van der Waals surface area contributed by atoms with Crippen molar-refractivity contribution in [1.29, 1.82) is 0 Å². The van der Waals surface area contributed by atoms with Crippen molar-refractivity contribution in [1.82, 2.24) is 15.1 Å². The molecule has 2 aromatic rings. The number of nitrogens with one attached hydrogen (secondary N) is 1. The molecule has 2 aliphatic heterocycles. The number of piperidine rings is 2. The molecule has 212 valence electrons. The van der Waals surface area contributed by atoms with Gasteiger partial charge in [0, 0.05) is 31.0 Å². The lowest BCUT2D eigenvalue weighted by Crippen LogP contribution is -2.61. The van der Waals surface area contributed by atoms with Crippen LogP contribution in [-0.4, -0.2) is 68.1 Å². The third-order valence-electron chi connectivity index (χ3n) is 10.1. The van der Waals surface area contributed by atoms with E-state index in [2.05, 4.69) is 76.6 Å². The molecule has 5 rings (SSSR count). The third kappa shape index (κ3) is 6.69. The minimum atomic E-state index is 0.0422. The smallest absolute Gasteiger partial charge is 0.221 e. The van der Waals surface area contributed by atoms with Crippen molar-refractivity contribution in [2.24, 2.45) is 5.41 Å². The summed E-state index contributed by atoms with van der Waals surface area (Å²) in [6, 6.07) is 19.9. The normalized spacial score (nSPS) is 28.0. The van der Waals surface area contributed by atoms with E-state index in [9.17, 15) is 4.79 Å². The lowest BCUT2D eigenvalue weighted by molar-refractivity contribution is -0.123. The molecule has 1 aliphatic carbocycles. The number of amides is 1. The summed E-state index contributed by atoms with van der Waals surface area (Å²) in [5.41, 5.74) is 3.03. The number of ether oxygens (including phenoxy) is 1. The van der Waals surface area contributed by atoms with Gasteiger partial charge >= 0.3 is 0 Å². The fourth-order valence-electron chi connectivity index (χ4n) is 7.80. The van der Waals surface area contributed by atoms with Crippen molar-refractivity contribution >= 4 is 5.91 Å². The molecule has 1 saturated carbocycles. The summed E-state index contributed by atoms with van der Waals surface area (Å²) in [5.74, 6) is 1.16. The number of fused-ring (bicyclic) bond motifs is 1. The third-order valence-corrected chi connectivity index (χ3v) is 10.1. The van der Waals surface area contributed by atoms with Crippen LogP contribution in [-0.2, 0) is 16.6 Å². The second kappa shape index (κ2) is 12.9. The van der Waals surface area contributed by atoms with Crippen molar-refractivity contribution in [3.63, 3.8) is 0 Å². The van der Waals surface area contributed by atoms with Gasteiger partial charge in [-0.15, -0.1) is 0 Å². The average Bonchev–Trinajstić information content (AvgIpc) is 2.97. The molecule has 5 heteroatoms. The number of benzene rings is 2. The summed E-state index contributed by atoms with van der Waals surface area (Å²) in [4.78, 5) is 18.2. The summed E-state index contributed by atoms with van der Waals surface area (Å²) >= 11 is 0. The molecule has 3 aliphatic rings. The van der Waals surface area contributed by atoms with E-state index in [-0.39, 0.29) is 22.8 Å². The maximum atomic E-state index is 13.1. The van der Waals surface area contributed by atoms with Crippen molar-refractivity contribution in [3.8, 4) is 5.75 Å². The van der Waals surface area contributed by atoms with E-state index in [1.54, 1.807) is 7.11 Å². The van der Waals surface area contributed by atoms with E-state index in [0.717, 1.165) is 77.1 Å². The van der Waals surface area contributed by atoms with Crippen LogP contribution in [0.15, 0.2) is 54.6 Å². The van der Waals surface area contributed by atoms with Gasteiger partial charge in [0.05, 0.1) is 7.11 Å². The molecule has 5 nitrogen and oxygen atoms in total. The van der Waals surface area contributed by atoms with Gasteiger partial charge < -0.3 is 19.9 Å².